The maximum atomic E-state index is 13.4. The van der Waals surface area contributed by atoms with Gasteiger partial charge in [0.2, 0.25) is 5.95 Å². The highest BCUT2D eigenvalue weighted by molar-refractivity contribution is 5.69. The van der Waals surface area contributed by atoms with Gasteiger partial charge in [-0.05, 0) is 68.3 Å². The summed E-state index contributed by atoms with van der Waals surface area (Å²) in [4.78, 5) is 15.6. The van der Waals surface area contributed by atoms with E-state index in [0.717, 1.165) is 35.9 Å². The van der Waals surface area contributed by atoms with E-state index >= 15 is 0 Å². The smallest absolute Gasteiger partial charge is 0.229 e. The Morgan fingerprint density at radius 3 is 2.70 bits per heavy atom. The summed E-state index contributed by atoms with van der Waals surface area (Å²) < 4.78 is 22.7. The van der Waals surface area contributed by atoms with Crippen LogP contribution in [0.2, 0.25) is 0 Å². The number of hydrogen-bond donors (Lipinski definition) is 0. The van der Waals surface area contributed by atoms with Gasteiger partial charge in [0.25, 0.3) is 0 Å². The second kappa shape index (κ2) is 8.50. The summed E-state index contributed by atoms with van der Waals surface area (Å²) in [5, 5.41) is 4.64. The lowest BCUT2D eigenvalue weighted by atomic mass is 10.1. The van der Waals surface area contributed by atoms with E-state index in [1.165, 1.54) is 12.1 Å². The van der Waals surface area contributed by atoms with E-state index in [0.29, 0.717) is 17.4 Å². The van der Waals surface area contributed by atoms with Crippen molar-refractivity contribution in [2.24, 2.45) is 0 Å². The van der Waals surface area contributed by atoms with Gasteiger partial charge in [0.15, 0.2) is 17.4 Å². The Morgan fingerprint density at radius 1 is 1.15 bits per heavy atom. The highest BCUT2D eigenvalue weighted by atomic mass is 19.1. The Labute approximate surface area is 191 Å². The monoisotopic (exact) mass is 445 g/mol. The molecule has 1 aliphatic heterocycles. The van der Waals surface area contributed by atoms with Gasteiger partial charge < -0.3 is 9.64 Å². The minimum absolute atomic E-state index is 0.233. The largest absolute Gasteiger partial charge is 0.493 e. The van der Waals surface area contributed by atoms with Gasteiger partial charge in [0.05, 0.1) is 12.8 Å². The van der Waals surface area contributed by atoms with Crippen LogP contribution in [-0.2, 0) is 6.54 Å². The highest BCUT2D eigenvalue weighted by Gasteiger charge is 2.27. The van der Waals surface area contributed by atoms with Gasteiger partial charge in [-0.25, -0.2) is 19.0 Å². The molecule has 168 valence electrons. The molecule has 0 radical (unpaired) electrons. The van der Waals surface area contributed by atoms with E-state index in [9.17, 15) is 4.39 Å². The Morgan fingerprint density at radius 2 is 1.97 bits per heavy atom. The minimum atomic E-state index is -0.258. The molecule has 0 aliphatic carbocycles. The second-order valence-corrected chi connectivity index (χ2v) is 8.03. The van der Waals surface area contributed by atoms with Crippen LogP contribution in [0, 0.1) is 12.7 Å². The molecule has 0 unspecified atom stereocenters. The van der Waals surface area contributed by atoms with Crippen LogP contribution in [0.15, 0.2) is 49.1 Å². The normalized spacial score (nSPS) is 15.8. The number of benzene rings is 1. The van der Waals surface area contributed by atoms with Crippen molar-refractivity contribution in [1.82, 2.24) is 29.3 Å². The fraction of sp³-hybridized carbons (Fsp3) is 0.250. The summed E-state index contributed by atoms with van der Waals surface area (Å²) >= 11 is 0. The van der Waals surface area contributed by atoms with Gasteiger partial charge in [-0.15, -0.1) is 5.10 Å². The standard InChI is InChI=1S/C24H24FN7O/c1-16-14-30(15-27-16)23-21(33-3)12-18(13-26-23)4-9-22-28-24-31(29-22)11-10-17(2)32(24)20-7-5-19(25)6-8-20/h4-9,12-15,17H,10-11H2,1-3H3/b9-4+/t17-/m0/s1. The lowest BCUT2D eigenvalue weighted by Gasteiger charge is -2.34. The van der Waals surface area contributed by atoms with Gasteiger partial charge in [0.1, 0.15) is 12.1 Å². The number of aromatic nitrogens is 6. The summed E-state index contributed by atoms with van der Waals surface area (Å²) in [5.41, 5.74) is 2.66. The number of nitrogens with zero attached hydrogens (tertiary/aromatic N) is 7. The van der Waals surface area contributed by atoms with Gasteiger partial charge in [-0.2, -0.15) is 4.98 Å². The quantitative estimate of drug-likeness (QED) is 0.453. The molecule has 8 nitrogen and oxygen atoms in total. The van der Waals surface area contributed by atoms with Crippen LogP contribution < -0.4 is 9.64 Å². The molecule has 33 heavy (non-hydrogen) atoms. The molecular weight excluding hydrogens is 421 g/mol. The first kappa shape index (κ1) is 20.9. The molecule has 0 bridgehead atoms. The average Bonchev–Trinajstić information content (AvgIpc) is 3.44. The van der Waals surface area contributed by atoms with Crippen molar-refractivity contribution in [2.75, 3.05) is 12.0 Å². The van der Waals surface area contributed by atoms with Crippen molar-refractivity contribution in [3.63, 3.8) is 0 Å². The lowest BCUT2D eigenvalue weighted by Crippen LogP contribution is -2.36. The van der Waals surface area contributed by atoms with Crippen molar-refractivity contribution in [2.45, 2.75) is 32.9 Å². The molecule has 4 heterocycles. The number of methoxy groups -OCH3 is 1. The molecule has 1 atom stereocenters. The third-order valence-corrected chi connectivity index (χ3v) is 5.64. The molecule has 0 fully saturated rings. The fourth-order valence-corrected chi connectivity index (χ4v) is 3.95. The van der Waals surface area contributed by atoms with E-state index in [4.69, 9.17) is 9.72 Å². The summed E-state index contributed by atoms with van der Waals surface area (Å²) in [5.74, 6) is 2.41. The summed E-state index contributed by atoms with van der Waals surface area (Å²) in [6, 6.07) is 8.62. The number of rotatable bonds is 5. The van der Waals surface area contributed by atoms with Gasteiger partial charge in [-0.3, -0.25) is 4.57 Å². The number of fused-ring (bicyclic) bond motifs is 1. The molecule has 0 spiro atoms. The van der Waals surface area contributed by atoms with Crippen LogP contribution in [0.5, 0.6) is 5.75 Å². The number of aryl methyl sites for hydroxylation is 2. The molecule has 0 amide bonds. The number of pyridine rings is 1. The Bertz CT molecular complexity index is 1310. The Balaban J connectivity index is 1.42. The van der Waals surface area contributed by atoms with Crippen LogP contribution in [0.25, 0.3) is 18.0 Å². The SMILES string of the molecule is COc1cc(/C=C/c2nc3n(n2)CC[C@H](C)N3c2ccc(F)cc2)cnc1-n1cnc(C)c1. The van der Waals surface area contributed by atoms with Crippen molar-refractivity contribution in [3.8, 4) is 11.6 Å². The molecule has 5 rings (SSSR count). The maximum absolute atomic E-state index is 13.4. The molecule has 9 heteroatoms. The van der Waals surface area contributed by atoms with Crippen LogP contribution in [0.4, 0.5) is 16.0 Å². The van der Waals surface area contributed by atoms with E-state index in [-0.39, 0.29) is 11.9 Å². The molecule has 0 N–H and O–H groups in total. The zero-order valence-corrected chi connectivity index (χ0v) is 18.7. The molecular formula is C24H24FN7O. The van der Waals surface area contributed by atoms with Crippen LogP contribution in [-0.4, -0.2) is 42.5 Å². The number of halogens is 1. The van der Waals surface area contributed by atoms with Crippen molar-refractivity contribution >= 4 is 23.8 Å². The molecule has 0 saturated heterocycles. The molecule has 3 aromatic heterocycles. The predicted octanol–water partition coefficient (Wildman–Crippen LogP) is 4.42. The van der Waals surface area contributed by atoms with E-state index < -0.39 is 0 Å². The molecule has 0 saturated carbocycles. The van der Waals surface area contributed by atoms with Crippen LogP contribution in [0.1, 0.15) is 30.4 Å². The highest BCUT2D eigenvalue weighted by Crippen LogP contribution is 2.32. The van der Waals surface area contributed by atoms with Crippen LogP contribution >= 0.6 is 0 Å². The maximum Gasteiger partial charge on any atom is 0.229 e. The zero-order chi connectivity index (χ0) is 22.9. The van der Waals surface area contributed by atoms with E-state index in [1.54, 1.807) is 31.8 Å². The molecule has 1 aliphatic rings. The van der Waals surface area contributed by atoms with Gasteiger partial charge in [-0.1, -0.05) is 0 Å². The first-order chi connectivity index (χ1) is 16.0. The lowest BCUT2D eigenvalue weighted by molar-refractivity contribution is 0.410. The number of imidazole rings is 1. The minimum Gasteiger partial charge on any atom is -0.493 e. The van der Waals surface area contributed by atoms with Crippen molar-refractivity contribution in [3.05, 3.63) is 72.0 Å². The second-order valence-electron chi connectivity index (χ2n) is 8.03. The van der Waals surface area contributed by atoms with E-state index in [2.05, 4.69) is 26.9 Å². The molecule has 4 aromatic rings. The summed E-state index contributed by atoms with van der Waals surface area (Å²) in [7, 11) is 1.62. The Hall–Kier alpha value is -4.01. The number of anilines is 2. The summed E-state index contributed by atoms with van der Waals surface area (Å²) in [6.07, 6.45) is 10.1. The van der Waals surface area contributed by atoms with Gasteiger partial charge in [0, 0.05) is 30.7 Å². The Kier molecular flexibility index (Phi) is 5.37. The predicted molar refractivity (Wildman–Crippen MR) is 124 cm³/mol. The van der Waals surface area contributed by atoms with Crippen molar-refractivity contribution < 1.29 is 9.13 Å². The third kappa shape index (κ3) is 4.09. The fourth-order valence-electron chi connectivity index (χ4n) is 3.95. The van der Waals surface area contributed by atoms with E-state index in [1.807, 2.05) is 40.6 Å². The van der Waals surface area contributed by atoms with Crippen LogP contribution in [0.3, 0.4) is 0 Å². The zero-order valence-electron chi connectivity index (χ0n) is 18.7. The average molecular weight is 446 g/mol. The first-order valence-electron chi connectivity index (χ1n) is 10.7. The number of hydrogen-bond acceptors (Lipinski definition) is 6. The number of ether oxygens (including phenoxy) is 1. The first-order valence-corrected chi connectivity index (χ1v) is 10.7. The summed E-state index contributed by atoms with van der Waals surface area (Å²) in [6.45, 7) is 4.84. The van der Waals surface area contributed by atoms with Gasteiger partial charge >= 0.3 is 0 Å². The third-order valence-electron chi connectivity index (χ3n) is 5.64. The topological polar surface area (TPSA) is 73.9 Å². The molecule has 1 aromatic carbocycles. The van der Waals surface area contributed by atoms with Crippen molar-refractivity contribution in [1.29, 1.82) is 0 Å².